The molecule has 0 radical (unpaired) electrons. The van der Waals surface area contributed by atoms with Gasteiger partial charge in [-0.2, -0.15) is 0 Å². The van der Waals surface area contributed by atoms with E-state index in [2.05, 4.69) is 12.2 Å². The SMILES string of the molecule is CCNCc1cc(Cl)ccc1OCC. The summed E-state index contributed by atoms with van der Waals surface area (Å²) in [7, 11) is 0. The fourth-order valence-electron chi connectivity index (χ4n) is 1.24. The van der Waals surface area contributed by atoms with E-state index in [0.717, 1.165) is 29.4 Å². The zero-order valence-corrected chi connectivity index (χ0v) is 9.40. The highest BCUT2D eigenvalue weighted by Gasteiger charge is 2.03. The van der Waals surface area contributed by atoms with E-state index in [0.29, 0.717) is 6.61 Å². The van der Waals surface area contributed by atoms with Gasteiger partial charge in [0.25, 0.3) is 0 Å². The molecular weight excluding hydrogens is 198 g/mol. The molecule has 0 aliphatic heterocycles. The molecule has 0 saturated carbocycles. The van der Waals surface area contributed by atoms with Crippen molar-refractivity contribution in [3.63, 3.8) is 0 Å². The first kappa shape index (κ1) is 11.3. The Balaban J connectivity index is 2.79. The van der Waals surface area contributed by atoms with Gasteiger partial charge < -0.3 is 10.1 Å². The van der Waals surface area contributed by atoms with Gasteiger partial charge in [0.05, 0.1) is 6.61 Å². The summed E-state index contributed by atoms with van der Waals surface area (Å²) >= 11 is 5.91. The predicted octanol–water partition coefficient (Wildman–Crippen LogP) is 2.85. The van der Waals surface area contributed by atoms with Gasteiger partial charge in [-0.3, -0.25) is 0 Å². The van der Waals surface area contributed by atoms with Crippen LogP contribution in [0.5, 0.6) is 5.75 Å². The highest BCUT2D eigenvalue weighted by molar-refractivity contribution is 6.30. The second kappa shape index (κ2) is 5.89. The number of ether oxygens (including phenoxy) is 1. The molecule has 0 bridgehead atoms. The lowest BCUT2D eigenvalue weighted by molar-refractivity contribution is 0.335. The van der Waals surface area contributed by atoms with Crippen molar-refractivity contribution in [2.75, 3.05) is 13.2 Å². The molecule has 14 heavy (non-hydrogen) atoms. The monoisotopic (exact) mass is 213 g/mol. The fraction of sp³-hybridized carbons (Fsp3) is 0.455. The van der Waals surface area contributed by atoms with Gasteiger partial charge in [0.2, 0.25) is 0 Å². The number of rotatable bonds is 5. The van der Waals surface area contributed by atoms with Crippen LogP contribution in [0.25, 0.3) is 0 Å². The maximum atomic E-state index is 5.91. The van der Waals surface area contributed by atoms with Crippen LogP contribution in [-0.4, -0.2) is 13.2 Å². The van der Waals surface area contributed by atoms with Crippen LogP contribution in [0, 0.1) is 0 Å². The lowest BCUT2D eigenvalue weighted by atomic mass is 10.2. The van der Waals surface area contributed by atoms with E-state index in [1.54, 1.807) is 0 Å². The van der Waals surface area contributed by atoms with Gasteiger partial charge in [0.1, 0.15) is 5.75 Å². The van der Waals surface area contributed by atoms with E-state index in [9.17, 15) is 0 Å². The molecule has 1 rings (SSSR count). The summed E-state index contributed by atoms with van der Waals surface area (Å²) in [4.78, 5) is 0. The molecule has 0 amide bonds. The largest absolute Gasteiger partial charge is 0.494 e. The minimum atomic E-state index is 0.681. The summed E-state index contributed by atoms with van der Waals surface area (Å²) < 4.78 is 5.49. The Morgan fingerprint density at radius 3 is 2.79 bits per heavy atom. The van der Waals surface area contributed by atoms with Crippen LogP contribution in [0.15, 0.2) is 18.2 Å². The Kier molecular flexibility index (Phi) is 4.77. The van der Waals surface area contributed by atoms with Crippen molar-refractivity contribution in [1.29, 1.82) is 0 Å². The average molecular weight is 214 g/mol. The molecule has 0 heterocycles. The smallest absolute Gasteiger partial charge is 0.123 e. The third-order valence-electron chi connectivity index (χ3n) is 1.89. The molecule has 0 aliphatic carbocycles. The second-order valence-electron chi connectivity index (χ2n) is 2.97. The minimum Gasteiger partial charge on any atom is -0.494 e. The van der Waals surface area contributed by atoms with Gasteiger partial charge >= 0.3 is 0 Å². The maximum absolute atomic E-state index is 5.91. The van der Waals surface area contributed by atoms with Crippen molar-refractivity contribution in [3.8, 4) is 5.75 Å². The van der Waals surface area contributed by atoms with Gasteiger partial charge in [0, 0.05) is 17.1 Å². The summed E-state index contributed by atoms with van der Waals surface area (Å²) in [6.45, 7) is 6.47. The molecule has 0 aliphatic rings. The second-order valence-corrected chi connectivity index (χ2v) is 3.40. The Bertz CT molecular complexity index is 289. The van der Waals surface area contributed by atoms with Crippen molar-refractivity contribution >= 4 is 11.6 Å². The molecule has 1 N–H and O–H groups in total. The molecule has 0 fully saturated rings. The van der Waals surface area contributed by atoms with Gasteiger partial charge in [0.15, 0.2) is 0 Å². The summed E-state index contributed by atoms with van der Waals surface area (Å²) in [5.74, 6) is 0.915. The zero-order chi connectivity index (χ0) is 10.4. The minimum absolute atomic E-state index is 0.681. The van der Waals surface area contributed by atoms with E-state index in [1.165, 1.54) is 0 Å². The van der Waals surface area contributed by atoms with Crippen LogP contribution >= 0.6 is 11.6 Å². The maximum Gasteiger partial charge on any atom is 0.123 e. The summed E-state index contributed by atoms with van der Waals surface area (Å²) in [6, 6.07) is 5.70. The Morgan fingerprint density at radius 1 is 1.36 bits per heavy atom. The van der Waals surface area contributed by atoms with Crippen LogP contribution in [0.3, 0.4) is 0 Å². The first-order valence-corrected chi connectivity index (χ1v) is 5.27. The quantitative estimate of drug-likeness (QED) is 0.812. The first-order chi connectivity index (χ1) is 6.77. The van der Waals surface area contributed by atoms with E-state index in [1.807, 2.05) is 25.1 Å². The molecule has 0 spiro atoms. The third-order valence-corrected chi connectivity index (χ3v) is 2.12. The molecule has 3 heteroatoms. The van der Waals surface area contributed by atoms with Crippen LogP contribution in [-0.2, 0) is 6.54 Å². The summed E-state index contributed by atoms with van der Waals surface area (Å²) in [5, 5.41) is 4.00. The topological polar surface area (TPSA) is 21.3 Å². The molecule has 1 aromatic rings. The molecular formula is C11H16ClNO. The van der Waals surface area contributed by atoms with Crippen molar-refractivity contribution < 1.29 is 4.74 Å². The lowest BCUT2D eigenvalue weighted by Crippen LogP contribution is -2.12. The van der Waals surface area contributed by atoms with E-state index in [4.69, 9.17) is 16.3 Å². The zero-order valence-electron chi connectivity index (χ0n) is 8.64. The van der Waals surface area contributed by atoms with E-state index >= 15 is 0 Å². The van der Waals surface area contributed by atoms with Crippen LogP contribution in [0.2, 0.25) is 5.02 Å². The fourth-order valence-corrected chi connectivity index (χ4v) is 1.44. The number of halogens is 1. The van der Waals surface area contributed by atoms with Crippen molar-refractivity contribution in [2.24, 2.45) is 0 Å². The average Bonchev–Trinajstić information content (AvgIpc) is 2.18. The molecule has 78 valence electrons. The first-order valence-electron chi connectivity index (χ1n) is 4.89. The molecule has 1 aromatic carbocycles. The van der Waals surface area contributed by atoms with Gasteiger partial charge in [-0.25, -0.2) is 0 Å². The van der Waals surface area contributed by atoms with Crippen LogP contribution < -0.4 is 10.1 Å². The molecule has 0 saturated heterocycles. The van der Waals surface area contributed by atoms with Gasteiger partial charge in [-0.1, -0.05) is 18.5 Å². The standard InChI is InChI=1S/C11H16ClNO/c1-3-13-8-9-7-10(12)5-6-11(9)14-4-2/h5-7,13H,3-4,8H2,1-2H3. The predicted molar refractivity (Wildman–Crippen MR) is 60.0 cm³/mol. The van der Waals surface area contributed by atoms with Gasteiger partial charge in [-0.15, -0.1) is 0 Å². The van der Waals surface area contributed by atoms with Crippen molar-refractivity contribution in [2.45, 2.75) is 20.4 Å². The van der Waals surface area contributed by atoms with E-state index in [-0.39, 0.29) is 0 Å². The third kappa shape index (κ3) is 3.20. The number of hydrogen-bond acceptors (Lipinski definition) is 2. The highest BCUT2D eigenvalue weighted by Crippen LogP contribution is 2.22. The number of benzene rings is 1. The number of hydrogen-bond donors (Lipinski definition) is 1. The Hall–Kier alpha value is -0.730. The Labute approximate surface area is 90.2 Å². The van der Waals surface area contributed by atoms with Crippen molar-refractivity contribution in [1.82, 2.24) is 5.32 Å². The Morgan fingerprint density at radius 2 is 2.14 bits per heavy atom. The molecule has 0 atom stereocenters. The van der Waals surface area contributed by atoms with Gasteiger partial charge in [-0.05, 0) is 31.7 Å². The van der Waals surface area contributed by atoms with E-state index < -0.39 is 0 Å². The number of nitrogens with one attached hydrogen (secondary N) is 1. The lowest BCUT2D eigenvalue weighted by Gasteiger charge is -2.10. The normalized spacial score (nSPS) is 10.2. The summed E-state index contributed by atoms with van der Waals surface area (Å²) in [6.07, 6.45) is 0. The highest BCUT2D eigenvalue weighted by atomic mass is 35.5. The molecule has 2 nitrogen and oxygen atoms in total. The van der Waals surface area contributed by atoms with Crippen molar-refractivity contribution in [3.05, 3.63) is 28.8 Å². The molecule has 0 aromatic heterocycles. The van der Waals surface area contributed by atoms with Crippen LogP contribution in [0.1, 0.15) is 19.4 Å². The van der Waals surface area contributed by atoms with Crippen LogP contribution in [0.4, 0.5) is 0 Å². The molecule has 0 unspecified atom stereocenters. The summed E-state index contributed by atoms with van der Waals surface area (Å²) in [5.41, 5.74) is 1.11.